The summed E-state index contributed by atoms with van der Waals surface area (Å²) in [6.45, 7) is 0. The first kappa shape index (κ1) is 21.3. The molecule has 6 nitrogen and oxygen atoms in total. The molecule has 0 aliphatic rings. The van der Waals surface area contributed by atoms with Gasteiger partial charge >= 0.3 is 7.60 Å². The predicted molar refractivity (Wildman–Crippen MR) is 131 cm³/mol. The standard InChI is InChI=1S/C26H22NO5P/c1-31-20-8-12-23-24-13-9-21(32-2)16-26(24)27(25(23)15-20)19-5-3-4-18(14-19)17-6-10-22(11-7-17)33(28,29)30/h3-16H,1-2H3,(H2,28,29,30). The van der Waals surface area contributed by atoms with Gasteiger partial charge in [-0.2, -0.15) is 0 Å². The van der Waals surface area contributed by atoms with E-state index in [2.05, 4.69) is 22.8 Å². The van der Waals surface area contributed by atoms with E-state index in [0.717, 1.165) is 50.1 Å². The molecule has 0 aliphatic heterocycles. The molecule has 5 aromatic rings. The second-order valence-corrected chi connectivity index (χ2v) is 9.35. The highest BCUT2D eigenvalue weighted by molar-refractivity contribution is 7.60. The molecule has 0 bridgehead atoms. The number of ether oxygens (including phenoxy) is 2. The van der Waals surface area contributed by atoms with Crippen LogP contribution in [-0.2, 0) is 4.57 Å². The topological polar surface area (TPSA) is 80.9 Å². The van der Waals surface area contributed by atoms with E-state index >= 15 is 0 Å². The summed E-state index contributed by atoms with van der Waals surface area (Å²) < 4.78 is 24.7. The summed E-state index contributed by atoms with van der Waals surface area (Å²) in [4.78, 5) is 18.8. The van der Waals surface area contributed by atoms with Crippen molar-refractivity contribution in [1.82, 2.24) is 4.57 Å². The van der Waals surface area contributed by atoms with Crippen LogP contribution in [0.1, 0.15) is 0 Å². The summed E-state index contributed by atoms with van der Waals surface area (Å²) in [6, 6.07) is 26.5. The summed E-state index contributed by atoms with van der Waals surface area (Å²) in [5, 5.41) is 2.21. The summed E-state index contributed by atoms with van der Waals surface area (Å²) in [7, 11) is -0.973. The number of methoxy groups -OCH3 is 2. The lowest BCUT2D eigenvalue weighted by Gasteiger charge is -2.12. The van der Waals surface area contributed by atoms with Gasteiger partial charge in [0.1, 0.15) is 11.5 Å². The Hall–Kier alpha value is -3.57. The van der Waals surface area contributed by atoms with Crippen LogP contribution in [0.25, 0.3) is 38.6 Å². The molecule has 5 rings (SSSR count). The van der Waals surface area contributed by atoms with E-state index in [1.165, 1.54) is 12.1 Å². The fourth-order valence-electron chi connectivity index (χ4n) is 4.18. The van der Waals surface area contributed by atoms with Crippen LogP contribution in [0.5, 0.6) is 11.5 Å². The van der Waals surface area contributed by atoms with Gasteiger partial charge in [-0.3, -0.25) is 4.57 Å². The molecule has 0 spiro atoms. The van der Waals surface area contributed by atoms with E-state index in [4.69, 9.17) is 9.47 Å². The smallest absolute Gasteiger partial charge is 0.356 e. The minimum absolute atomic E-state index is 0.00370. The maximum atomic E-state index is 11.5. The number of hydrogen-bond donors (Lipinski definition) is 2. The average molecular weight is 459 g/mol. The van der Waals surface area contributed by atoms with Crippen LogP contribution in [0, 0.1) is 0 Å². The minimum Gasteiger partial charge on any atom is -0.497 e. The zero-order chi connectivity index (χ0) is 23.2. The first-order chi connectivity index (χ1) is 15.9. The van der Waals surface area contributed by atoms with Crippen molar-refractivity contribution in [2.24, 2.45) is 0 Å². The molecule has 0 radical (unpaired) electrons. The lowest BCUT2D eigenvalue weighted by atomic mass is 10.1. The molecule has 0 saturated heterocycles. The largest absolute Gasteiger partial charge is 0.497 e. The molecule has 0 atom stereocenters. The second-order valence-electron chi connectivity index (χ2n) is 7.74. The molecule has 7 heteroatoms. The van der Waals surface area contributed by atoms with E-state index < -0.39 is 7.60 Å². The van der Waals surface area contributed by atoms with Gasteiger partial charge in [-0.05, 0) is 59.7 Å². The zero-order valence-corrected chi connectivity index (χ0v) is 19.0. The number of rotatable bonds is 5. The summed E-state index contributed by atoms with van der Waals surface area (Å²) in [6.07, 6.45) is 0. The van der Waals surface area contributed by atoms with E-state index in [1.54, 1.807) is 26.4 Å². The molecular formula is C26H22NO5P. The lowest BCUT2D eigenvalue weighted by molar-refractivity contribution is 0.387. The predicted octanol–water partition coefficient (Wildman–Crippen LogP) is 5.27. The number of benzene rings is 4. The quantitative estimate of drug-likeness (QED) is 0.350. The fraction of sp³-hybridized carbons (Fsp3) is 0.0769. The summed E-state index contributed by atoms with van der Waals surface area (Å²) >= 11 is 0. The van der Waals surface area contributed by atoms with Crippen LogP contribution in [0.4, 0.5) is 0 Å². The Bertz CT molecular complexity index is 1470. The molecule has 0 saturated carbocycles. The van der Waals surface area contributed by atoms with Crippen LogP contribution in [-0.4, -0.2) is 28.6 Å². The van der Waals surface area contributed by atoms with E-state index in [-0.39, 0.29) is 5.30 Å². The third-order valence-corrected chi connectivity index (χ3v) is 6.79. The number of aromatic nitrogens is 1. The van der Waals surface area contributed by atoms with Crippen LogP contribution >= 0.6 is 7.60 Å². The van der Waals surface area contributed by atoms with Gasteiger partial charge in [0.25, 0.3) is 0 Å². The van der Waals surface area contributed by atoms with Crippen molar-refractivity contribution in [1.29, 1.82) is 0 Å². The van der Waals surface area contributed by atoms with Crippen LogP contribution in [0.3, 0.4) is 0 Å². The van der Waals surface area contributed by atoms with E-state index in [9.17, 15) is 14.4 Å². The zero-order valence-electron chi connectivity index (χ0n) is 18.1. The maximum Gasteiger partial charge on any atom is 0.356 e. The fourth-order valence-corrected chi connectivity index (χ4v) is 4.72. The first-order valence-corrected chi connectivity index (χ1v) is 11.9. The Balaban J connectivity index is 1.72. The highest BCUT2D eigenvalue weighted by Crippen LogP contribution is 2.37. The van der Waals surface area contributed by atoms with Gasteiger partial charge in [-0.1, -0.05) is 24.3 Å². The molecule has 166 valence electrons. The number of nitrogens with zero attached hydrogens (tertiary/aromatic N) is 1. The van der Waals surface area contributed by atoms with Gasteiger partial charge in [-0.15, -0.1) is 0 Å². The highest BCUT2D eigenvalue weighted by Gasteiger charge is 2.17. The van der Waals surface area contributed by atoms with Crippen molar-refractivity contribution in [2.75, 3.05) is 14.2 Å². The maximum absolute atomic E-state index is 11.5. The molecule has 2 N–H and O–H groups in total. The van der Waals surface area contributed by atoms with E-state index in [1.807, 2.05) is 42.5 Å². The Morgan fingerprint density at radius 1 is 0.697 bits per heavy atom. The van der Waals surface area contributed by atoms with Gasteiger partial charge in [0, 0.05) is 28.6 Å². The van der Waals surface area contributed by atoms with Crippen molar-refractivity contribution in [2.45, 2.75) is 0 Å². The van der Waals surface area contributed by atoms with Crippen molar-refractivity contribution in [3.8, 4) is 28.3 Å². The third-order valence-electron chi connectivity index (χ3n) is 5.82. The minimum atomic E-state index is -4.28. The molecule has 4 aromatic carbocycles. The third kappa shape index (κ3) is 3.79. The lowest BCUT2D eigenvalue weighted by Crippen LogP contribution is -2.02. The Labute approximate surface area is 190 Å². The monoisotopic (exact) mass is 459 g/mol. The van der Waals surface area contributed by atoms with Crippen molar-refractivity contribution < 1.29 is 23.8 Å². The summed E-state index contributed by atoms with van der Waals surface area (Å²) in [5.74, 6) is 1.53. The SMILES string of the molecule is COc1ccc2c3ccc(OC)cc3n(-c3cccc(-c4ccc(P(=O)(O)O)cc4)c3)c2c1. The Kier molecular flexibility index (Phi) is 5.22. The second kappa shape index (κ2) is 8.09. The van der Waals surface area contributed by atoms with Gasteiger partial charge in [0.05, 0.1) is 30.6 Å². The molecule has 0 fully saturated rings. The van der Waals surface area contributed by atoms with Crippen LogP contribution in [0.2, 0.25) is 0 Å². The van der Waals surface area contributed by atoms with Gasteiger partial charge in [0.2, 0.25) is 0 Å². The van der Waals surface area contributed by atoms with E-state index in [0.29, 0.717) is 0 Å². The molecule has 0 amide bonds. The van der Waals surface area contributed by atoms with Gasteiger partial charge < -0.3 is 23.8 Å². The van der Waals surface area contributed by atoms with Crippen LogP contribution in [0.15, 0.2) is 84.9 Å². The summed E-state index contributed by atoms with van der Waals surface area (Å²) in [5.41, 5.74) is 4.77. The normalized spacial score (nSPS) is 11.8. The van der Waals surface area contributed by atoms with Gasteiger partial charge in [0.15, 0.2) is 0 Å². The number of hydrogen-bond acceptors (Lipinski definition) is 3. The first-order valence-electron chi connectivity index (χ1n) is 10.3. The Morgan fingerprint density at radius 3 is 1.79 bits per heavy atom. The molecule has 0 aliphatic carbocycles. The average Bonchev–Trinajstić information content (AvgIpc) is 3.16. The molecule has 1 heterocycles. The molecule has 1 aromatic heterocycles. The van der Waals surface area contributed by atoms with Crippen molar-refractivity contribution >= 4 is 34.7 Å². The van der Waals surface area contributed by atoms with Crippen molar-refractivity contribution in [3.05, 3.63) is 84.9 Å². The molecule has 0 unspecified atom stereocenters. The van der Waals surface area contributed by atoms with Crippen molar-refractivity contribution in [3.63, 3.8) is 0 Å². The Morgan fingerprint density at radius 2 is 1.27 bits per heavy atom. The van der Waals surface area contributed by atoms with Gasteiger partial charge in [-0.25, -0.2) is 0 Å². The van der Waals surface area contributed by atoms with Crippen LogP contribution < -0.4 is 14.8 Å². The highest BCUT2D eigenvalue weighted by atomic mass is 31.2. The molecule has 33 heavy (non-hydrogen) atoms. The molecular weight excluding hydrogens is 437 g/mol. The number of fused-ring (bicyclic) bond motifs is 3.